The third-order valence-electron chi connectivity index (χ3n) is 5.24. The van der Waals surface area contributed by atoms with E-state index in [9.17, 15) is 9.18 Å². The van der Waals surface area contributed by atoms with Gasteiger partial charge in [-0.1, -0.05) is 43.6 Å². The number of thiocarbonyl (C=S) groups is 1. The highest BCUT2D eigenvalue weighted by molar-refractivity contribution is 7.80. The van der Waals surface area contributed by atoms with Crippen molar-refractivity contribution in [2.75, 3.05) is 0 Å². The van der Waals surface area contributed by atoms with E-state index in [1.54, 1.807) is 6.92 Å². The Kier molecular flexibility index (Phi) is 6.29. The SMILES string of the molecule is Cc1onc(-c2c(F)cccc2Cl)c1C(=O)NC(=S)N[C@H]1C[C@H](C)CC(C)(C)C1. The molecule has 0 unspecified atom stereocenters. The maximum Gasteiger partial charge on any atom is 0.263 e. The molecule has 2 aromatic rings. The van der Waals surface area contributed by atoms with Gasteiger partial charge in [0, 0.05) is 6.04 Å². The number of rotatable bonds is 3. The fraction of sp³-hybridized carbons (Fsp3) is 0.476. The lowest BCUT2D eigenvalue weighted by Gasteiger charge is -2.39. The number of nitrogens with zero attached hydrogens (tertiary/aromatic N) is 1. The fourth-order valence-corrected chi connectivity index (χ4v) is 4.89. The van der Waals surface area contributed by atoms with Crippen molar-refractivity contribution in [3.8, 4) is 11.3 Å². The molecule has 1 fully saturated rings. The number of amides is 1. The molecule has 5 nitrogen and oxygen atoms in total. The molecule has 0 radical (unpaired) electrons. The molecule has 0 saturated heterocycles. The lowest BCUT2D eigenvalue weighted by atomic mass is 9.71. The Hall–Kier alpha value is -1.99. The normalized spacial score (nSPS) is 20.9. The lowest BCUT2D eigenvalue weighted by molar-refractivity contribution is 0.0974. The van der Waals surface area contributed by atoms with Crippen molar-refractivity contribution >= 4 is 34.8 Å². The molecule has 1 aromatic heterocycles. The summed E-state index contributed by atoms with van der Waals surface area (Å²) in [5.74, 6) is -0.269. The number of carbonyl (C=O) groups is 1. The predicted molar refractivity (Wildman–Crippen MR) is 115 cm³/mol. The minimum atomic E-state index is -0.584. The Bertz CT molecular complexity index is 924. The van der Waals surface area contributed by atoms with Crippen molar-refractivity contribution in [2.45, 2.75) is 53.0 Å². The molecule has 1 saturated carbocycles. The zero-order valence-corrected chi connectivity index (χ0v) is 18.5. The van der Waals surface area contributed by atoms with Gasteiger partial charge in [0.05, 0.1) is 10.6 Å². The van der Waals surface area contributed by atoms with Crippen molar-refractivity contribution in [3.63, 3.8) is 0 Å². The Morgan fingerprint density at radius 1 is 1.38 bits per heavy atom. The molecule has 0 bridgehead atoms. The summed E-state index contributed by atoms with van der Waals surface area (Å²) < 4.78 is 19.5. The Labute approximate surface area is 180 Å². The molecular formula is C21H25ClFN3O2S. The topological polar surface area (TPSA) is 67.2 Å². The molecule has 8 heteroatoms. The molecule has 0 spiro atoms. The van der Waals surface area contributed by atoms with E-state index in [1.165, 1.54) is 18.2 Å². The maximum absolute atomic E-state index is 14.3. The van der Waals surface area contributed by atoms with Crippen LogP contribution in [0, 0.1) is 24.1 Å². The lowest BCUT2D eigenvalue weighted by Crippen LogP contribution is -2.48. The van der Waals surface area contributed by atoms with E-state index in [-0.39, 0.29) is 44.2 Å². The highest BCUT2D eigenvalue weighted by Gasteiger charge is 2.33. The molecule has 3 rings (SSSR count). The molecule has 1 amide bonds. The van der Waals surface area contributed by atoms with Crippen LogP contribution < -0.4 is 10.6 Å². The number of carbonyl (C=O) groups excluding carboxylic acids is 1. The van der Waals surface area contributed by atoms with Crippen LogP contribution in [0.15, 0.2) is 22.7 Å². The van der Waals surface area contributed by atoms with E-state index < -0.39 is 11.7 Å². The predicted octanol–water partition coefficient (Wildman–Crippen LogP) is 5.26. The van der Waals surface area contributed by atoms with Gasteiger partial charge in [-0.25, -0.2) is 4.39 Å². The molecule has 1 heterocycles. The van der Waals surface area contributed by atoms with Gasteiger partial charge in [-0.2, -0.15) is 0 Å². The first-order chi connectivity index (χ1) is 13.6. The zero-order chi connectivity index (χ0) is 21.3. The van der Waals surface area contributed by atoms with Gasteiger partial charge in [0.15, 0.2) is 5.11 Å². The average molecular weight is 438 g/mol. The van der Waals surface area contributed by atoms with E-state index in [4.69, 9.17) is 28.3 Å². The largest absolute Gasteiger partial charge is 0.360 e. The van der Waals surface area contributed by atoms with Crippen LogP contribution in [0.4, 0.5) is 4.39 Å². The first kappa shape index (κ1) is 21.7. The quantitative estimate of drug-likeness (QED) is 0.641. The van der Waals surface area contributed by atoms with E-state index in [2.05, 4.69) is 36.6 Å². The third-order valence-corrected chi connectivity index (χ3v) is 5.77. The second-order valence-electron chi connectivity index (χ2n) is 8.60. The van der Waals surface area contributed by atoms with Crippen molar-refractivity contribution in [1.82, 2.24) is 15.8 Å². The van der Waals surface area contributed by atoms with Crippen LogP contribution in [0.5, 0.6) is 0 Å². The maximum atomic E-state index is 14.3. The number of nitrogens with one attached hydrogen (secondary N) is 2. The van der Waals surface area contributed by atoms with Gasteiger partial charge in [0.2, 0.25) is 0 Å². The summed E-state index contributed by atoms with van der Waals surface area (Å²) in [6.07, 6.45) is 3.12. The van der Waals surface area contributed by atoms with Crippen LogP contribution >= 0.6 is 23.8 Å². The Balaban J connectivity index is 1.77. The smallest absolute Gasteiger partial charge is 0.263 e. The Morgan fingerprint density at radius 2 is 2.10 bits per heavy atom. The first-order valence-electron chi connectivity index (χ1n) is 9.60. The number of benzene rings is 1. The van der Waals surface area contributed by atoms with Crippen molar-refractivity contribution in [3.05, 3.63) is 40.4 Å². The molecule has 156 valence electrons. The Morgan fingerprint density at radius 3 is 2.76 bits per heavy atom. The van der Waals surface area contributed by atoms with Crippen LogP contribution in [0.3, 0.4) is 0 Å². The summed E-state index contributed by atoms with van der Waals surface area (Å²) in [6, 6.07) is 4.46. The molecule has 1 aliphatic carbocycles. The number of hydrogen-bond acceptors (Lipinski definition) is 4. The highest BCUT2D eigenvalue weighted by atomic mass is 35.5. The van der Waals surface area contributed by atoms with Gasteiger partial charge in [-0.15, -0.1) is 0 Å². The molecule has 1 aromatic carbocycles. The van der Waals surface area contributed by atoms with Gasteiger partial charge in [-0.05, 0) is 61.9 Å². The summed E-state index contributed by atoms with van der Waals surface area (Å²) >= 11 is 11.5. The molecule has 0 aliphatic heterocycles. The number of halogens is 2. The van der Waals surface area contributed by atoms with E-state index in [0.717, 1.165) is 19.3 Å². The van der Waals surface area contributed by atoms with Crippen LogP contribution in [0.25, 0.3) is 11.3 Å². The number of aromatic nitrogens is 1. The average Bonchev–Trinajstić information content (AvgIpc) is 2.94. The van der Waals surface area contributed by atoms with Crippen molar-refractivity contribution < 1.29 is 13.7 Å². The van der Waals surface area contributed by atoms with E-state index >= 15 is 0 Å². The first-order valence-corrected chi connectivity index (χ1v) is 10.4. The minimum absolute atomic E-state index is 0.0258. The van der Waals surface area contributed by atoms with Gasteiger partial charge < -0.3 is 9.84 Å². The fourth-order valence-electron chi connectivity index (χ4n) is 4.38. The molecular weight excluding hydrogens is 413 g/mol. The summed E-state index contributed by atoms with van der Waals surface area (Å²) in [5.41, 5.74) is 0.407. The summed E-state index contributed by atoms with van der Waals surface area (Å²) in [7, 11) is 0. The molecule has 2 N–H and O–H groups in total. The van der Waals surface area contributed by atoms with Gasteiger partial charge in [0.25, 0.3) is 5.91 Å². The second kappa shape index (κ2) is 8.40. The molecule has 1 aliphatic rings. The van der Waals surface area contributed by atoms with Crippen LogP contribution in [0.2, 0.25) is 5.02 Å². The van der Waals surface area contributed by atoms with Crippen LogP contribution in [-0.2, 0) is 0 Å². The summed E-state index contributed by atoms with van der Waals surface area (Å²) in [6.45, 7) is 8.29. The molecule has 2 atom stereocenters. The highest BCUT2D eigenvalue weighted by Crippen LogP contribution is 2.38. The van der Waals surface area contributed by atoms with Gasteiger partial charge in [0.1, 0.15) is 22.8 Å². The second-order valence-corrected chi connectivity index (χ2v) is 9.41. The molecule has 29 heavy (non-hydrogen) atoms. The monoisotopic (exact) mass is 437 g/mol. The standard InChI is InChI=1S/C21H25ClFN3O2S/c1-11-8-13(10-21(3,4)9-11)24-20(29)25-19(27)16-12(2)28-26-18(16)17-14(22)6-5-7-15(17)23/h5-7,11,13H,8-10H2,1-4H3,(H2,24,25,27,29)/t11-,13-/m0/s1. The summed E-state index contributed by atoms with van der Waals surface area (Å²) in [5, 5.41) is 10.2. The van der Waals surface area contributed by atoms with Crippen LogP contribution in [-0.4, -0.2) is 22.2 Å². The summed E-state index contributed by atoms with van der Waals surface area (Å²) in [4.78, 5) is 12.9. The number of hydrogen-bond donors (Lipinski definition) is 2. The van der Waals surface area contributed by atoms with E-state index in [1.807, 2.05) is 0 Å². The third kappa shape index (κ3) is 4.95. The van der Waals surface area contributed by atoms with Gasteiger partial charge >= 0.3 is 0 Å². The van der Waals surface area contributed by atoms with Crippen molar-refractivity contribution in [2.24, 2.45) is 11.3 Å². The van der Waals surface area contributed by atoms with Gasteiger partial charge in [-0.3, -0.25) is 10.1 Å². The zero-order valence-electron chi connectivity index (χ0n) is 16.9. The van der Waals surface area contributed by atoms with Crippen LogP contribution in [0.1, 0.15) is 56.2 Å². The minimum Gasteiger partial charge on any atom is -0.360 e. The number of aryl methyl sites for hydroxylation is 1. The van der Waals surface area contributed by atoms with E-state index in [0.29, 0.717) is 5.92 Å². The van der Waals surface area contributed by atoms with Crippen molar-refractivity contribution in [1.29, 1.82) is 0 Å².